The molecule has 20 heavy (non-hydrogen) atoms. The number of benzene rings is 1. The second-order valence-corrected chi connectivity index (χ2v) is 6.12. The Kier molecular flexibility index (Phi) is 5.44. The van der Waals surface area contributed by atoms with Crippen LogP contribution >= 0.6 is 0 Å². The van der Waals surface area contributed by atoms with Crippen molar-refractivity contribution in [2.24, 2.45) is 5.92 Å². The Morgan fingerprint density at radius 3 is 2.90 bits per heavy atom. The Hall–Kier alpha value is -1.06. The van der Waals surface area contributed by atoms with Crippen LogP contribution in [0, 0.1) is 5.92 Å². The van der Waals surface area contributed by atoms with Crippen LogP contribution in [0.5, 0.6) is 5.75 Å². The second kappa shape index (κ2) is 7.09. The predicted molar refractivity (Wildman–Crippen MR) is 84.2 cm³/mol. The van der Waals surface area contributed by atoms with Crippen molar-refractivity contribution >= 4 is 0 Å². The van der Waals surface area contributed by atoms with Crippen LogP contribution in [0.3, 0.4) is 0 Å². The van der Waals surface area contributed by atoms with Crippen molar-refractivity contribution in [3.63, 3.8) is 0 Å². The zero-order valence-electron chi connectivity index (χ0n) is 13.2. The molecule has 0 aliphatic carbocycles. The van der Waals surface area contributed by atoms with Crippen LogP contribution in [0.2, 0.25) is 0 Å². The van der Waals surface area contributed by atoms with E-state index in [0.29, 0.717) is 12.0 Å². The smallest absolute Gasteiger partial charge is 0.120 e. The average Bonchev–Trinajstić information content (AvgIpc) is 2.38. The van der Waals surface area contributed by atoms with E-state index >= 15 is 0 Å². The molecule has 0 aromatic heterocycles. The molecule has 2 rings (SSSR count). The number of hydrogen-bond donors (Lipinski definition) is 1. The van der Waals surface area contributed by atoms with E-state index < -0.39 is 0 Å². The van der Waals surface area contributed by atoms with Crippen LogP contribution in [-0.4, -0.2) is 38.2 Å². The molecular formula is C17H28N2O. The van der Waals surface area contributed by atoms with Gasteiger partial charge in [0.25, 0.3) is 0 Å². The van der Waals surface area contributed by atoms with E-state index in [1.54, 1.807) is 0 Å². The normalized spacial score (nSPS) is 24.1. The van der Waals surface area contributed by atoms with Crippen molar-refractivity contribution < 1.29 is 4.74 Å². The number of piperidine rings is 1. The minimum absolute atomic E-state index is 0.224. The highest BCUT2D eigenvalue weighted by Crippen LogP contribution is 2.35. The first-order chi connectivity index (χ1) is 9.61. The van der Waals surface area contributed by atoms with Crippen molar-refractivity contribution in [3.05, 3.63) is 29.8 Å². The molecule has 0 saturated carbocycles. The average molecular weight is 276 g/mol. The molecule has 2 atom stereocenters. The van der Waals surface area contributed by atoms with Gasteiger partial charge in [-0.2, -0.15) is 0 Å². The minimum Gasteiger partial charge on any atom is -0.491 e. The van der Waals surface area contributed by atoms with Gasteiger partial charge in [-0.25, -0.2) is 0 Å². The van der Waals surface area contributed by atoms with Gasteiger partial charge in [0.1, 0.15) is 5.75 Å². The fourth-order valence-corrected chi connectivity index (χ4v) is 3.31. The van der Waals surface area contributed by atoms with Gasteiger partial charge in [-0.15, -0.1) is 0 Å². The van der Waals surface area contributed by atoms with Gasteiger partial charge in [0.05, 0.1) is 6.10 Å². The number of nitrogens with one attached hydrogen (secondary N) is 1. The zero-order chi connectivity index (χ0) is 14.5. The lowest BCUT2D eigenvalue weighted by molar-refractivity contribution is 0.120. The van der Waals surface area contributed by atoms with Gasteiger partial charge in [0.2, 0.25) is 0 Å². The maximum Gasteiger partial charge on any atom is 0.120 e. The molecule has 1 N–H and O–H groups in total. The Morgan fingerprint density at radius 2 is 2.20 bits per heavy atom. The molecule has 1 aromatic rings. The van der Waals surface area contributed by atoms with E-state index in [1.807, 2.05) is 7.05 Å². The summed E-state index contributed by atoms with van der Waals surface area (Å²) in [6, 6.07) is 9.12. The standard InChI is InChI=1S/C17H28N2O/c1-13(2)20-16-9-5-7-14(11-16)17-15(12-18-3)8-6-10-19(17)4/h5,7,9,11,13,15,17-18H,6,8,10,12H2,1-4H3. The molecule has 1 aliphatic heterocycles. The van der Waals surface area contributed by atoms with Crippen LogP contribution in [0.25, 0.3) is 0 Å². The van der Waals surface area contributed by atoms with Gasteiger partial charge in [0.15, 0.2) is 0 Å². The Balaban J connectivity index is 2.21. The molecular weight excluding hydrogens is 248 g/mol. The third-order valence-electron chi connectivity index (χ3n) is 4.04. The van der Waals surface area contributed by atoms with Crippen LogP contribution in [0.15, 0.2) is 24.3 Å². The molecule has 0 amide bonds. The first kappa shape index (κ1) is 15.3. The number of rotatable bonds is 5. The van der Waals surface area contributed by atoms with Crippen LogP contribution in [0.1, 0.15) is 38.3 Å². The first-order valence-corrected chi connectivity index (χ1v) is 7.73. The van der Waals surface area contributed by atoms with E-state index in [4.69, 9.17) is 4.74 Å². The maximum atomic E-state index is 5.84. The Labute approximate surface area is 123 Å². The lowest BCUT2D eigenvalue weighted by Gasteiger charge is -2.39. The summed E-state index contributed by atoms with van der Waals surface area (Å²) in [6.45, 7) is 6.40. The van der Waals surface area contributed by atoms with Gasteiger partial charge in [-0.05, 0) is 77.5 Å². The molecule has 1 fully saturated rings. The van der Waals surface area contributed by atoms with Crippen LogP contribution in [-0.2, 0) is 0 Å². The summed E-state index contributed by atoms with van der Waals surface area (Å²) in [5.74, 6) is 1.66. The zero-order valence-corrected chi connectivity index (χ0v) is 13.2. The van der Waals surface area contributed by atoms with E-state index in [0.717, 1.165) is 12.3 Å². The number of hydrogen-bond acceptors (Lipinski definition) is 3. The highest BCUT2D eigenvalue weighted by Gasteiger charge is 2.30. The van der Waals surface area contributed by atoms with Crippen molar-refractivity contribution in [3.8, 4) is 5.75 Å². The molecule has 3 heteroatoms. The van der Waals surface area contributed by atoms with E-state index in [9.17, 15) is 0 Å². The summed E-state index contributed by atoms with van der Waals surface area (Å²) in [7, 11) is 4.28. The summed E-state index contributed by atoms with van der Waals surface area (Å²) in [5.41, 5.74) is 1.38. The second-order valence-electron chi connectivity index (χ2n) is 6.12. The quantitative estimate of drug-likeness (QED) is 0.894. The van der Waals surface area contributed by atoms with Gasteiger partial charge in [-0.3, -0.25) is 4.90 Å². The lowest BCUT2D eigenvalue weighted by Crippen LogP contribution is -2.39. The Morgan fingerprint density at radius 1 is 1.40 bits per heavy atom. The number of ether oxygens (including phenoxy) is 1. The molecule has 1 saturated heterocycles. The third kappa shape index (κ3) is 3.74. The molecule has 2 unspecified atom stereocenters. The molecule has 0 spiro atoms. The van der Waals surface area contributed by atoms with E-state index in [1.165, 1.54) is 24.9 Å². The lowest BCUT2D eigenvalue weighted by atomic mass is 9.85. The fourth-order valence-electron chi connectivity index (χ4n) is 3.31. The first-order valence-electron chi connectivity index (χ1n) is 7.73. The van der Waals surface area contributed by atoms with Crippen molar-refractivity contribution in [1.82, 2.24) is 10.2 Å². The summed E-state index contributed by atoms with van der Waals surface area (Å²) in [5, 5.41) is 3.35. The van der Waals surface area contributed by atoms with Crippen molar-refractivity contribution in [2.75, 3.05) is 27.2 Å². The summed E-state index contributed by atoms with van der Waals surface area (Å²) >= 11 is 0. The van der Waals surface area contributed by atoms with E-state index in [2.05, 4.69) is 55.4 Å². The highest BCUT2D eigenvalue weighted by atomic mass is 16.5. The van der Waals surface area contributed by atoms with Crippen LogP contribution in [0.4, 0.5) is 0 Å². The maximum absolute atomic E-state index is 5.84. The predicted octanol–water partition coefficient (Wildman–Crippen LogP) is 3.08. The summed E-state index contributed by atoms with van der Waals surface area (Å²) in [6.07, 6.45) is 2.81. The third-order valence-corrected chi connectivity index (χ3v) is 4.04. The fraction of sp³-hybridized carbons (Fsp3) is 0.647. The van der Waals surface area contributed by atoms with Gasteiger partial charge in [-0.1, -0.05) is 12.1 Å². The van der Waals surface area contributed by atoms with Gasteiger partial charge < -0.3 is 10.1 Å². The topological polar surface area (TPSA) is 24.5 Å². The molecule has 1 aliphatic rings. The molecule has 1 heterocycles. The molecule has 112 valence electrons. The van der Waals surface area contributed by atoms with E-state index in [-0.39, 0.29) is 6.10 Å². The van der Waals surface area contributed by atoms with Gasteiger partial charge >= 0.3 is 0 Å². The SMILES string of the molecule is CNCC1CCCN(C)C1c1cccc(OC(C)C)c1. The Bertz CT molecular complexity index is 417. The molecule has 3 nitrogen and oxygen atoms in total. The summed E-state index contributed by atoms with van der Waals surface area (Å²) in [4.78, 5) is 2.49. The monoisotopic (exact) mass is 276 g/mol. The van der Waals surface area contributed by atoms with Crippen LogP contribution < -0.4 is 10.1 Å². The molecule has 0 radical (unpaired) electrons. The summed E-state index contributed by atoms with van der Waals surface area (Å²) < 4.78 is 5.84. The highest BCUT2D eigenvalue weighted by molar-refractivity contribution is 5.31. The minimum atomic E-state index is 0.224. The molecule has 0 bridgehead atoms. The molecule has 1 aromatic carbocycles. The largest absolute Gasteiger partial charge is 0.491 e. The van der Waals surface area contributed by atoms with Gasteiger partial charge in [0, 0.05) is 6.04 Å². The van der Waals surface area contributed by atoms with Crippen molar-refractivity contribution in [2.45, 2.75) is 38.8 Å². The van der Waals surface area contributed by atoms with Crippen molar-refractivity contribution in [1.29, 1.82) is 0 Å². The number of likely N-dealkylation sites (tertiary alicyclic amines) is 1. The number of nitrogens with zero attached hydrogens (tertiary/aromatic N) is 1.